The summed E-state index contributed by atoms with van der Waals surface area (Å²) < 4.78 is 13.4. The Kier molecular flexibility index (Phi) is 3.47. The fourth-order valence-electron chi connectivity index (χ4n) is 1.58. The Balaban J connectivity index is 2.46. The van der Waals surface area contributed by atoms with Crippen LogP contribution in [0.1, 0.15) is 23.5 Å². The Hall–Kier alpha value is -0.970. The SMILES string of the molecule is Cc1nc(-c2ccc(Cl)c(F)c2)sc1C(C)N. The lowest BCUT2D eigenvalue weighted by molar-refractivity contribution is 0.629. The molecule has 0 fully saturated rings. The van der Waals surface area contributed by atoms with Gasteiger partial charge in [0.1, 0.15) is 10.8 Å². The van der Waals surface area contributed by atoms with Gasteiger partial charge in [0.05, 0.1) is 10.7 Å². The van der Waals surface area contributed by atoms with Gasteiger partial charge in [0.2, 0.25) is 0 Å². The Bertz CT molecular complexity index is 551. The predicted octanol–water partition coefficient (Wildman–Crippen LogP) is 3.93. The van der Waals surface area contributed by atoms with Gasteiger partial charge in [-0.3, -0.25) is 0 Å². The van der Waals surface area contributed by atoms with Crippen molar-refractivity contribution in [3.8, 4) is 10.6 Å². The zero-order chi connectivity index (χ0) is 12.6. The van der Waals surface area contributed by atoms with E-state index in [-0.39, 0.29) is 11.1 Å². The second-order valence-electron chi connectivity index (χ2n) is 3.89. The molecule has 0 aliphatic heterocycles. The minimum absolute atomic E-state index is 0.0570. The van der Waals surface area contributed by atoms with Crippen LogP contribution in [0.5, 0.6) is 0 Å². The van der Waals surface area contributed by atoms with E-state index in [0.29, 0.717) is 0 Å². The van der Waals surface area contributed by atoms with Crippen molar-refractivity contribution in [2.45, 2.75) is 19.9 Å². The lowest BCUT2D eigenvalue weighted by atomic mass is 10.2. The second-order valence-corrected chi connectivity index (χ2v) is 5.32. The Morgan fingerprint density at radius 1 is 1.47 bits per heavy atom. The summed E-state index contributed by atoms with van der Waals surface area (Å²) in [6.45, 7) is 3.82. The van der Waals surface area contributed by atoms with Gasteiger partial charge in [0.25, 0.3) is 0 Å². The third kappa shape index (κ3) is 2.49. The lowest BCUT2D eigenvalue weighted by Gasteiger charge is -2.00. The number of nitrogens with two attached hydrogens (primary N) is 1. The van der Waals surface area contributed by atoms with E-state index in [2.05, 4.69) is 4.98 Å². The zero-order valence-electron chi connectivity index (χ0n) is 9.50. The molecule has 1 unspecified atom stereocenters. The smallest absolute Gasteiger partial charge is 0.142 e. The van der Waals surface area contributed by atoms with Crippen molar-refractivity contribution in [1.29, 1.82) is 0 Å². The average Bonchev–Trinajstić information content (AvgIpc) is 2.64. The molecule has 0 amide bonds. The van der Waals surface area contributed by atoms with Crippen LogP contribution in [0.25, 0.3) is 10.6 Å². The van der Waals surface area contributed by atoms with E-state index in [0.717, 1.165) is 21.1 Å². The molecule has 0 bridgehead atoms. The first-order valence-corrected chi connectivity index (χ1v) is 6.37. The van der Waals surface area contributed by atoms with Crippen molar-refractivity contribution in [2.75, 3.05) is 0 Å². The molecule has 0 saturated carbocycles. The minimum Gasteiger partial charge on any atom is -0.323 e. The minimum atomic E-state index is -0.431. The predicted molar refractivity (Wildman–Crippen MR) is 69.9 cm³/mol. The van der Waals surface area contributed by atoms with E-state index in [1.54, 1.807) is 6.07 Å². The molecule has 1 aromatic carbocycles. The second kappa shape index (κ2) is 4.72. The van der Waals surface area contributed by atoms with Crippen LogP contribution in [0, 0.1) is 12.7 Å². The first-order valence-electron chi connectivity index (χ1n) is 5.17. The van der Waals surface area contributed by atoms with Gasteiger partial charge in [-0.15, -0.1) is 11.3 Å². The topological polar surface area (TPSA) is 38.9 Å². The number of hydrogen-bond acceptors (Lipinski definition) is 3. The molecule has 2 nitrogen and oxygen atoms in total. The molecular formula is C12H12ClFN2S. The molecule has 0 spiro atoms. The fourth-order valence-corrected chi connectivity index (χ4v) is 2.72. The summed E-state index contributed by atoms with van der Waals surface area (Å²) in [4.78, 5) is 5.43. The van der Waals surface area contributed by atoms with Crippen LogP contribution in [0.4, 0.5) is 4.39 Å². The van der Waals surface area contributed by atoms with E-state index in [9.17, 15) is 4.39 Å². The van der Waals surface area contributed by atoms with Crippen LogP contribution >= 0.6 is 22.9 Å². The van der Waals surface area contributed by atoms with Gasteiger partial charge in [-0.05, 0) is 26.0 Å². The number of nitrogens with zero attached hydrogens (tertiary/aromatic N) is 1. The Morgan fingerprint density at radius 2 is 2.18 bits per heavy atom. The highest BCUT2D eigenvalue weighted by Gasteiger charge is 2.13. The van der Waals surface area contributed by atoms with Crippen molar-refractivity contribution >= 4 is 22.9 Å². The summed E-state index contributed by atoms with van der Waals surface area (Å²) >= 11 is 7.13. The van der Waals surface area contributed by atoms with Gasteiger partial charge in [-0.1, -0.05) is 17.7 Å². The molecule has 1 atom stereocenters. The third-order valence-corrected chi connectivity index (χ3v) is 4.13. The van der Waals surface area contributed by atoms with Crippen molar-refractivity contribution in [3.05, 3.63) is 39.6 Å². The van der Waals surface area contributed by atoms with Gasteiger partial charge >= 0.3 is 0 Å². The summed E-state index contributed by atoms with van der Waals surface area (Å²) in [6, 6.07) is 4.63. The number of aryl methyl sites for hydroxylation is 1. The summed E-state index contributed by atoms with van der Waals surface area (Å²) in [6.07, 6.45) is 0. The zero-order valence-corrected chi connectivity index (χ0v) is 11.1. The number of halogens is 2. The van der Waals surface area contributed by atoms with E-state index in [4.69, 9.17) is 17.3 Å². The van der Waals surface area contributed by atoms with Gasteiger partial charge < -0.3 is 5.73 Å². The molecule has 2 aromatic rings. The molecular weight excluding hydrogens is 259 g/mol. The van der Waals surface area contributed by atoms with E-state index >= 15 is 0 Å². The van der Waals surface area contributed by atoms with Gasteiger partial charge in [-0.25, -0.2) is 9.37 Å². The maximum atomic E-state index is 13.4. The highest BCUT2D eigenvalue weighted by molar-refractivity contribution is 7.15. The molecule has 2 rings (SSSR count). The van der Waals surface area contributed by atoms with Gasteiger partial charge in [0, 0.05) is 16.5 Å². The molecule has 90 valence electrons. The number of rotatable bonds is 2. The summed E-state index contributed by atoms with van der Waals surface area (Å²) in [5.74, 6) is -0.431. The summed E-state index contributed by atoms with van der Waals surface area (Å²) in [5.41, 5.74) is 7.46. The van der Waals surface area contributed by atoms with Crippen LogP contribution in [0.2, 0.25) is 5.02 Å². The monoisotopic (exact) mass is 270 g/mol. The summed E-state index contributed by atoms with van der Waals surface area (Å²) in [5, 5.41) is 0.889. The maximum absolute atomic E-state index is 13.4. The van der Waals surface area contributed by atoms with Crippen LogP contribution in [-0.2, 0) is 0 Å². The van der Waals surface area contributed by atoms with Crippen LogP contribution in [-0.4, -0.2) is 4.98 Å². The van der Waals surface area contributed by atoms with Crippen LogP contribution < -0.4 is 5.73 Å². The molecule has 2 N–H and O–H groups in total. The molecule has 0 aliphatic rings. The van der Waals surface area contributed by atoms with E-state index in [1.165, 1.54) is 23.5 Å². The molecule has 1 aromatic heterocycles. The first-order chi connectivity index (χ1) is 7.99. The normalized spacial score (nSPS) is 12.8. The highest BCUT2D eigenvalue weighted by atomic mass is 35.5. The van der Waals surface area contributed by atoms with Crippen molar-refractivity contribution in [2.24, 2.45) is 5.73 Å². The lowest BCUT2D eigenvalue weighted by Crippen LogP contribution is -2.03. The van der Waals surface area contributed by atoms with Crippen LogP contribution in [0.15, 0.2) is 18.2 Å². The first kappa shape index (κ1) is 12.5. The number of aromatic nitrogens is 1. The molecule has 1 heterocycles. The number of hydrogen-bond donors (Lipinski definition) is 1. The maximum Gasteiger partial charge on any atom is 0.142 e. The standard InChI is InChI=1S/C12H12ClFN2S/c1-6(15)11-7(2)16-12(17-11)8-3-4-9(13)10(14)5-8/h3-6H,15H2,1-2H3. The quantitative estimate of drug-likeness (QED) is 0.898. The van der Waals surface area contributed by atoms with E-state index < -0.39 is 5.82 Å². The Labute approximate surface area is 108 Å². The molecule has 0 aliphatic carbocycles. The van der Waals surface area contributed by atoms with Crippen molar-refractivity contribution < 1.29 is 4.39 Å². The molecule has 0 radical (unpaired) electrons. The van der Waals surface area contributed by atoms with Crippen molar-refractivity contribution in [1.82, 2.24) is 4.98 Å². The number of thiazole rings is 1. The summed E-state index contributed by atoms with van der Waals surface area (Å²) in [7, 11) is 0. The van der Waals surface area contributed by atoms with Gasteiger partial charge in [-0.2, -0.15) is 0 Å². The van der Waals surface area contributed by atoms with Crippen molar-refractivity contribution in [3.63, 3.8) is 0 Å². The molecule has 0 saturated heterocycles. The van der Waals surface area contributed by atoms with E-state index in [1.807, 2.05) is 13.8 Å². The largest absolute Gasteiger partial charge is 0.323 e. The highest BCUT2D eigenvalue weighted by Crippen LogP contribution is 2.32. The van der Waals surface area contributed by atoms with Gasteiger partial charge in [0.15, 0.2) is 0 Å². The molecule has 5 heteroatoms. The average molecular weight is 271 g/mol. The Morgan fingerprint density at radius 3 is 2.71 bits per heavy atom. The molecule has 17 heavy (non-hydrogen) atoms. The fraction of sp³-hybridized carbons (Fsp3) is 0.250. The van der Waals surface area contributed by atoms with Crippen LogP contribution in [0.3, 0.4) is 0 Å². The third-order valence-electron chi connectivity index (χ3n) is 2.41. The number of benzene rings is 1.